The van der Waals surface area contributed by atoms with Gasteiger partial charge in [0.2, 0.25) is 0 Å². The highest BCUT2D eigenvalue weighted by molar-refractivity contribution is 6.30. The van der Waals surface area contributed by atoms with Crippen molar-refractivity contribution in [2.75, 3.05) is 32.1 Å². The van der Waals surface area contributed by atoms with Crippen LogP contribution in [-0.2, 0) is 13.2 Å². The topological polar surface area (TPSA) is 57.3 Å². The Balaban J connectivity index is 1.33. The molecule has 0 aliphatic carbocycles. The molecule has 0 saturated carbocycles. The lowest BCUT2D eigenvalue weighted by Gasteiger charge is -2.20. The molecule has 7 heteroatoms. The molecule has 2 aromatic heterocycles. The molecule has 0 amide bonds. The number of H-pyrrole nitrogens is 1. The minimum Gasteiger partial charge on any atom is -0.487 e. The zero-order valence-corrected chi connectivity index (χ0v) is 17.6. The van der Waals surface area contributed by atoms with Gasteiger partial charge in [-0.05, 0) is 49.4 Å². The molecule has 0 radical (unpaired) electrons. The van der Waals surface area contributed by atoms with E-state index in [1.165, 1.54) is 5.56 Å². The molecule has 1 aliphatic heterocycles. The monoisotopic (exact) mass is 411 g/mol. The molecule has 3 heterocycles. The number of pyridine rings is 1. The molecule has 1 aliphatic rings. The number of nitrogens with zero attached hydrogens (tertiary/aromatic N) is 4. The third-order valence-electron chi connectivity index (χ3n) is 5.23. The molecule has 6 nitrogen and oxygen atoms in total. The number of halogens is 1. The van der Waals surface area contributed by atoms with Gasteiger partial charge in [-0.25, -0.2) is 4.98 Å². The second-order valence-corrected chi connectivity index (χ2v) is 8.10. The Kier molecular flexibility index (Phi) is 6.02. The summed E-state index contributed by atoms with van der Waals surface area (Å²) < 4.78 is 5.81. The van der Waals surface area contributed by atoms with Crippen molar-refractivity contribution in [1.29, 1.82) is 0 Å². The first kappa shape index (κ1) is 19.7. The highest BCUT2D eigenvalue weighted by atomic mass is 35.5. The maximum atomic E-state index is 5.91. The molecule has 1 aromatic carbocycles. The molecule has 1 N–H and O–H groups in total. The van der Waals surface area contributed by atoms with E-state index in [2.05, 4.69) is 37.1 Å². The molecule has 4 rings (SSSR count). The lowest BCUT2D eigenvalue weighted by atomic mass is 10.1. The zero-order chi connectivity index (χ0) is 20.2. The molecule has 152 valence electrons. The summed E-state index contributed by atoms with van der Waals surface area (Å²) in [5.41, 5.74) is 3.36. The normalized spacial score (nSPS) is 16.9. The fourth-order valence-corrected chi connectivity index (χ4v) is 3.90. The minimum absolute atomic E-state index is 0.440. The van der Waals surface area contributed by atoms with E-state index < -0.39 is 0 Å². The summed E-state index contributed by atoms with van der Waals surface area (Å²) >= 11 is 5.91. The quantitative estimate of drug-likeness (QED) is 0.634. The largest absolute Gasteiger partial charge is 0.487 e. The summed E-state index contributed by atoms with van der Waals surface area (Å²) in [7, 11) is 4.08. The maximum Gasteiger partial charge on any atom is 0.132 e. The van der Waals surface area contributed by atoms with Crippen LogP contribution in [0.3, 0.4) is 0 Å². The van der Waals surface area contributed by atoms with E-state index in [0.717, 1.165) is 49.0 Å². The molecular formula is C22H26ClN5O. The fourth-order valence-electron chi connectivity index (χ4n) is 3.77. The number of anilines is 1. The van der Waals surface area contributed by atoms with Crippen LogP contribution in [0.2, 0.25) is 5.02 Å². The third-order valence-corrected chi connectivity index (χ3v) is 5.49. The van der Waals surface area contributed by atoms with Gasteiger partial charge in [0.25, 0.3) is 0 Å². The molecule has 1 fully saturated rings. The molecular weight excluding hydrogens is 386 g/mol. The van der Waals surface area contributed by atoms with E-state index in [0.29, 0.717) is 17.5 Å². The summed E-state index contributed by atoms with van der Waals surface area (Å²) in [4.78, 5) is 9.06. The third kappa shape index (κ3) is 4.89. The SMILES string of the molecule is CN(C)c1ncccc1CN1CCC(c2cc(COc3ccc(Cl)cc3)[nH]n2)C1. The van der Waals surface area contributed by atoms with Gasteiger partial charge in [0.15, 0.2) is 0 Å². The van der Waals surface area contributed by atoms with Crippen molar-refractivity contribution >= 4 is 17.4 Å². The van der Waals surface area contributed by atoms with E-state index in [9.17, 15) is 0 Å². The number of benzene rings is 1. The Morgan fingerprint density at radius 2 is 2.07 bits per heavy atom. The van der Waals surface area contributed by atoms with Crippen LogP contribution in [0, 0.1) is 0 Å². The molecule has 1 atom stereocenters. The van der Waals surface area contributed by atoms with Gasteiger partial charge >= 0.3 is 0 Å². The summed E-state index contributed by atoms with van der Waals surface area (Å²) in [6.07, 6.45) is 2.96. The number of hydrogen-bond donors (Lipinski definition) is 1. The Hall–Kier alpha value is -2.57. The van der Waals surface area contributed by atoms with Crippen LogP contribution in [0.4, 0.5) is 5.82 Å². The van der Waals surface area contributed by atoms with Gasteiger partial charge in [-0.3, -0.25) is 10.00 Å². The molecule has 1 unspecified atom stereocenters. The first-order valence-electron chi connectivity index (χ1n) is 9.84. The van der Waals surface area contributed by atoms with Crippen molar-refractivity contribution in [3.63, 3.8) is 0 Å². The van der Waals surface area contributed by atoms with Crippen LogP contribution < -0.4 is 9.64 Å². The highest BCUT2D eigenvalue weighted by Crippen LogP contribution is 2.29. The van der Waals surface area contributed by atoms with Crippen LogP contribution in [0.1, 0.15) is 29.3 Å². The summed E-state index contributed by atoms with van der Waals surface area (Å²) in [5, 5.41) is 8.36. The number of likely N-dealkylation sites (tertiary alicyclic amines) is 1. The number of aromatic nitrogens is 3. The van der Waals surface area contributed by atoms with Crippen LogP contribution in [0.15, 0.2) is 48.7 Å². The number of nitrogens with one attached hydrogen (secondary N) is 1. The van der Waals surface area contributed by atoms with Crippen molar-refractivity contribution in [2.24, 2.45) is 0 Å². The number of ether oxygens (including phenoxy) is 1. The van der Waals surface area contributed by atoms with E-state index >= 15 is 0 Å². The second kappa shape index (κ2) is 8.84. The standard InChI is InChI=1S/C22H26ClN5O/c1-27(2)22-17(4-3-10-24-22)14-28-11-9-16(13-28)21-12-19(25-26-21)15-29-20-7-5-18(23)6-8-20/h3-8,10,12,16H,9,11,13-15H2,1-2H3,(H,25,26). The minimum atomic E-state index is 0.440. The van der Waals surface area contributed by atoms with Crippen LogP contribution >= 0.6 is 11.6 Å². The van der Waals surface area contributed by atoms with Crippen molar-refractivity contribution < 1.29 is 4.74 Å². The summed E-state index contributed by atoms with van der Waals surface area (Å²) in [6.45, 7) is 3.45. The van der Waals surface area contributed by atoms with E-state index in [-0.39, 0.29) is 0 Å². The van der Waals surface area contributed by atoms with Gasteiger partial charge in [-0.15, -0.1) is 0 Å². The average Bonchev–Trinajstić information content (AvgIpc) is 3.37. The Morgan fingerprint density at radius 1 is 1.24 bits per heavy atom. The predicted molar refractivity (Wildman–Crippen MR) is 116 cm³/mol. The fraction of sp³-hybridized carbons (Fsp3) is 0.364. The Bertz CT molecular complexity index is 940. The molecule has 1 saturated heterocycles. The first-order valence-corrected chi connectivity index (χ1v) is 10.2. The molecule has 0 bridgehead atoms. The van der Waals surface area contributed by atoms with Crippen molar-refractivity contribution in [3.8, 4) is 5.75 Å². The maximum absolute atomic E-state index is 5.91. The van der Waals surface area contributed by atoms with Crippen LogP contribution in [-0.4, -0.2) is 47.3 Å². The predicted octanol–water partition coefficient (Wildman–Crippen LogP) is 4.09. The second-order valence-electron chi connectivity index (χ2n) is 7.66. The van der Waals surface area contributed by atoms with Gasteiger partial charge in [0.1, 0.15) is 18.2 Å². The summed E-state index contributed by atoms with van der Waals surface area (Å²) in [5.74, 6) is 2.28. The molecule has 29 heavy (non-hydrogen) atoms. The number of aromatic amines is 1. The average molecular weight is 412 g/mol. The Morgan fingerprint density at radius 3 is 2.86 bits per heavy atom. The first-order chi connectivity index (χ1) is 14.1. The van der Waals surface area contributed by atoms with Crippen molar-refractivity contribution in [1.82, 2.24) is 20.1 Å². The van der Waals surface area contributed by atoms with Crippen molar-refractivity contribution in [3.05, 3.63) is 70.6 Å². The van der Waals surface area contributed by atoms with Crippen LogP contribution in [0.5, 0.6) is 5.75 Å². The van der Waals surface area contributed by atoms with Crippen molar-refractivity contribution in [2.45, 2.75) is 25.5 Å². The highest BCUT2D eigenvalue weighted by Gasteiger charge is 2.26. The van der Waals surface area contributed by atoms with Gasteiger partial charge in [0, 0.05) is 49.9 Å². The smallest absolute Gasteiger partial charge is 0.132 e. The molecule has 3 aromatic rings. The lowest BCUT2D eigenvalue weighted by Crippen LogP contribution is -2.22. The van der Waals surface area contributed by atoms with Gasteiger partial charge in [-0.1, -0.05) is 17.7 Å². The number of hydrogen-bond acceptors (Lipinski definition) is 5. The van der Waals surface area contributed by atoms with Crippen LogP contribution in [0.25, 0.3) is 0 Å². The lowest BCUT2D eigenvalue weighted by molar-refractivity contribution is 0.301. The Labute approximate surface area is 176 Å². The van der Waals surface area contributed by atoms with Gasteiger partial charge < -0.3 is 9.64 Å². The van der Waals surface area contributed by atoms with E-state index in [1.54, 1.807) is 0 Å². The number of rotatable bonds is 7. The van der Waals surface area contributed by atoms with Gasteiger partial charge in [0.05, 0.1) is 11.4 Å². The van der Waals surface area contributed by atoms with E-state index in [4.69, 9.17) is 16.3 Å². The molecule has 0 spiro atoms. The van der Waals surface area contributed by atoms with E-state index in [1.807, 2.05) is 50.6 Å². The summed E-state index contributed by atoms with van der Waals surface area (Å²) in [6, 6.07) is 13.7. The zero-order valence-electron chi connectivity index (χ0n) is 16.8. The van der Waals surface area contributed by atoms with Gasteiger partial charge in [-0.2, -0.15) is 5.10 Å².